The third-order valence-electron chi connectivity index (χ3n) is 3.04. The Kier molecular flexibility index (Phi) is 4.13. The number of nitrogen functional groups attached to an aromatic ring is 1. The van der Waals surface area contributed by atoms with Crippen LogP contribution >= 0.6 is 0 Å². The van der Waals surface area contributed by atoms with Crippen molar-refractivity contribution in [2.45, 2.75) is 31.9 Å². The van der Waals surface area contributed by atoms with Gasteiger partial charge in [-0.2, -0.15) is 0 Å². The zero-order valence-electron chi connectivity index (χ0n) is 10.6. The van der Waals surface area contributed by atoms with Crippen LogP contribution in [0.5, 0.6) is 0 Å². The minimum Gasteiger partial charge on any atom is -0.378 e. The van der Waals surface area contributed by atoms with Gasteiger partial charge < -0.3 is 15.5 Å². The number of aromatic nitrogens is 1. The molecule has 2 atom stereocenters. The Morgan fingerprint density at radius 2 is 2.37 bits per heavy atom. The number of nitrogens with zero attached hydrogens (tertiary/aromatic N) is 2. The van der Waals surface area contributed by atoms with Gasteiger partial charge in [0, 0.05) is 18.7 Å². The third kappa shape index (κ3) is 3.30. The fourth-order valence-electron chi connectivity index (χ4n) is 2.11. The van der Waals surface area contributed by atoms with E-state index in [-0.39, 0.29) is 23.7 Å². The van der Waals surface area contributed by atoms with E-state index in [4.69, 9.17) is 10.6 Å². The predicted octanol–water partition coefficient (Wildman–Crippen LogP) is 1.25. The lowest BCUT2D eigenvalue weighted by Gasteiger charge is -2.28. The molecule has 2 rings (SSSR count). The minimum absolute atomic E-state index is 0.0573. The largest absolute Gasteiger partial charge is 0.378 e. The maximum absolute atomic E-state index is 11.0. The number of rotatable bonds is 4. The van der Waals surface area contributed by atoms with Crippen LogP contribution in [0.25, 0.3) is 0 Å². The van der Waals surface area contributed by atoms with Crippen molar-refractivity contribution in [1.29, 1.82) is 0 Å². The van der Waals surface area contributed by atoms with Crippen molar-refractivity contribution in [3.05, 3.63) is 22.2 Å². The highest BCUT2D eigenvalue weighted by Gasteiger charge is 2.23. The lowest BCUT2D eigenvalue weighted by molar-refractivity contribution is -0.384. The van der Waals surface area contributed by atoms with E-state index >= 15 is 0 Å². The molecule has 8 heteroatoms. The monoisotopic (exact) mass is 267 g/mol. The summed E-state index contributed by atoms with van der Waals surface area (Å²) in [5.74, 6) is 5.89. The van der Waals surface area contributed by atoms with Crippen LogP contribution in [0, 0.1) is 10.1 Å². The Hall–Kier alpha value is -1.93. The number of hydrazine groups is 1. The van der Waals surface area contributed by atoms with Gasteiger partial charge in [-0.1, -0.05) is 0 Å². The van der Waals surface area contributed by atoms with Crippen LogP contribution in [0.2, 0.25) is 0 Å². The first-order valence-corrected chi connectivity index (χ1v) is 6.10. The zero-order valence-corrected chi connectivity index (χ0v) is 10.6. The molecule has 1 aromatic rings. The fourth-order valence-corrected chi connectivity index (χ4v) is 2.11. The van der Waals surface area contributed by atoms with E-state index in [1.54, 1.807) is 0 Å². The quantitative estimate of drug-likeness (QED) is 0.427. The molecule has 2 unspecified atom stereocenters. The number of nitro groups is 1. The van der Waals surface area contributed by atoms with Crippen LogP contribution in [0.1, 0.15) is 19.8 Å². The molecule has 19 heavy (non-hydrogen) atoms. The second-order valence-electron chi connectivity index (χ2n) is 4.51. The van der Waals surface area contributed by atoms with Crippen LogP contribution < -0.4 is 16.6 Å². The van der Waals surface area contributed by atoms with Gasteiger partial charge in [-0.25, -0.2) is 10.8 Å². The first kappa shape index (κ1) is 13.5. The van der Waals surface area contributed by atoms with E-state index < -0.39 is 4.92 Å². The van der Waals surface area contributed by atoms with Crippen LogP contribution in [-0.2, 0) is 4.74 Å². The van der Waals surface area contributed by atoms with Crippen molar-refractivity contribution >= 4 is 17.3 Å². The van der Waals surface area contributed by atoms with Gasteiger partial charge >= 0.3 is 5.69 Å². The highest BCUT2D eigenvalue weighted by molar-refractivity contribution is 5.60. The summed E-state index contributed by atoms with van der Waals surface area (Å²) >= 11 is 0. The second-order valence-corrected chi connectivity index (χ2v) is 4.51. The molecule has 0 amide bonds. The van der Waals surface area contributed by atoms with E-state index in [0.717, 1.165) is 12.8 Å². The van der Waals surface area contributed by atoms with E-state index in [1.807, 2.05) is 6.92 Å². The average Bonchev–Trinajstić information content (AvgIpc) is 2.38. The maximum atomic E-state index is 11.0. The smallest absolute Gasteiger partial charge is 0.311 e. The van der Waals surface area contributed by atoms with Crippen LogP contribution in [0.4, 0.5) is 17.3 Å². The summed E-state index contributed by atoms with van der Waals surface area (Å²) in [6.45, 7) is 2.62. The molecule has 0 spiro atoms. The van der Waals surface area contributed by atoms with Gasteiger partial charge in [0.2, 0.25) is 5.82 Å². The molecule has 8 nitrogen and oxygen atoms in total. The van der Waals surface area contributed by atoms with Gasteiger partial charge in [-0.3, -0.25) is 10.1 Å². The van der Waals surface area contributed by atoms with Crippen molar-refractivity contribution in [2.75, 3.05) is 17.3 Å². The summed E-state index contributed by atoms with van der Waals surface area (Å²) in [4.78, 5) is 14.6. The number of nitrogens with two attached hydrogens (primary N) is 1. The summed E-state index contributed by atoms with van der Waals surface area (Å²) in [6.07, 6.45) is 1.73. The predicted molar refractivity (Wildman–Crippen MR) is 70.8 cm³/mol. The van der Waals surface area contributed by atoms with E-state index in [9.17, 15) is 10.1 Å². The molecule has 1 fully saturated rings. The van der Waals surface area contributed by atoms with Crippen molar-refractivity contribution in [3.8, 4) is 0 Å². The number of anilines is 2. The SMILES string of the molecule is CC1CC(Nc2nc(NN)ccc2[N+](=O)[O-])CCO1. The molecule has 0 bridgehead atoms. The first-order chi connectivity index (χ1) is 9.10. The molecule has 0 aliphatic carbocycles. The zero-order chi connectivity index (χ0) is 13.8. The molecule has 1 saturated heterocycles. The molecule has 0 radical (unpaired) electrons. The van der Waals surface area contributed by atoms with Gasteiger partial charge in [0.1, 0.15) is 5.82 Å². The maximum Gasteiger partial charge on any atom is 0.311 e. The lowest BCUT2D eigenvalue weighted by atomic mass is 10.0. The first-order valence-electron chi connectivity index (χ1n) is 6.10. The standard InChI is InChI=1S/C11H17N5O3/c1-7-6-8(4-5-19-7)13-11-9(16(17)18)2-3-10(14-11)15-12/h2-3,7-8H,4-6,12H2,1H3,(H2,13,14,15). The topological polar surface area (TPSA) is 115 Å². The average molecular weight is 267 g/mol. The molecular weight excluding hydrogens is 250 g/mol. The van der Waals surface area contributed by atoms with Gasteiger partial charge in [0.15, 0.2) is 0 Å². The molecule has 0 saturated carbocycles. The van der Waals surface area contributed by atoms with Crippen LogP contribution in [-0.4, -0.2) is 28.7 Å². The molecule has 1 aromatic heterocycles. The Balaban J connectivity index is 2.19. The summed E-state index contributed by atoms with van der Waals surface area (Å²) in [5.41, 5.74) is 2.32. The Morgan fingerprint density at radius 1 is 1.58 bits per heavy atom. The molecule has 2 heterocycles. The normalized spacial score (nSPS) is 22.8. The third-order valence-corrected chi connectivity index (χ3v) is 3.04. The van der Waals surface area contributed by atoms with Gasteiger partial charge in [0.05, 0.1) is 11.0 Å². The van der Waals surface area contributed by atoms with E-state index in [2.05, 4.69) is 15.7 Å². The number of hydrogen-bond donors (Lipinski definition) is 3. The van der Waals surface area contributed by atoms with Crippen LogP contribution in [0.3, 0.4) is 0 Å². The molecule has 4 N–H and O–H groups in total. The number of ether oxygens (including phenoxy) is 1. The van der Waals surface area contributed by atoms with Crippen LogP contribution in [0.15, 0.2) is 12.1 Å². The Morgan fingerprint density at radius 3 is 3.00 bits per heavy atom. The summed E-state index contributed by atoms with van der Waals surface area (Å²) in [6, 6.07) is 2.96. The molecule has 104 valence electrons. The summed E-state index contributed by atoms with van der Waals surface area (Å²) in [5, 5.41) is 14.1. The number of nitrogens with one attached hydrogen (secondary N) is 2. The van der Waals surface area contributed by atoms with Gasteiger partial charge in [-0.15, -0.1) is 0 Å². The number of pyridine rings is 1. The highest BCUT2D eigenvalue weighted by atomic mass is 16.6. The summed E-state index contributed by atoms with van der Waals surface area (Å²) < 4.78 is 5.44. The van der Waals surface area contributed by atoms with Crippen molar-refractivity contribution < 1.29 is 9.66 Å². The van der Waals surface area contributed by atoms with Gasteiger partial charge in [0.25, 0.3) is 0 Å². The number of hydrogen-bond acceptors (Lipinski definition) is 7. The fraction of sp³-hybridized carbons (Fsp3) is 0.545. The highest BCUT2D eigenvalue weighted by Crippen LogP contribution is 2.26. The van der Waals surface area contributed by atoms with Crippen molar-refractivity contribution in [2.24, 2.45) is 5.84 Å². The van der Waals surface area contributed by atoms with Crippen molar-refractivity contribution in [3.63, 3.8) is 0 Å². The Bertz CT molecular complexity index is 468. The lowest BCUT2D eigenvalue weighted by Crippen LogP contribution is -2.33. The van der Waals surface area contributed by atoms with E-state index in [1.165, 1.54) is 12.1 Å². The summed E-state index contributed by atoms with van der Waals surface area (Å²) in [7, 11) is 0. The molecule has 1 aliphatic heterocycles. The van der Waals surface area contributed by atoms with E-state index in [0.29, 0.717) is 12.4 Å². The second kappa shape index (κ2) is 5.81. The molecule has 0 aromatic carbocycles. The Labute approximate surface area is 110 Å². The van der Waals surface area contributed by atoms with Crippen molar-refractivity contribution in [1.82, 2.24) is 4.98 Å². The molecule has 1 aliphatic rings. The molecular formula is C11H17N5O3. The van der Waals surface area contributed by atoms with Gasteiger partial charge in [-0.05, 0) is 25.8 Å². The minimum atomic E-state index is -0.460.